The molecule has 32 heavy (non-hydrogen) atoms. The number of aromatic amines is 1. The molecule has 160 valence electrons. The molecule has 0 saturated heterocycles. The van der Waals surface area contributed by atoms with Crippen LogP contribution in [0.2, 0.25) is 0 Å². The van der Waals surface area contributed by atoms with Gasteiger partial charge in [-0.05, 0) is 67.8 Å². The molecule has 9 heteroatoms. The van der Waals surface area contributed by atoms with Crippen molar-refractivity contribution in [2.24, 2.45) is 0 Å². The highest BCUT2D eigenvalue weighted by Gasteiger charge is 2.12. The zero-order valence-corrected chi connectivity index (χ0v) is 18.8. The Morgan fingerprint density at radius 2 is 1.88 bits per heavy atom. The van der Waals surface area contributed by atoms with Crippen LogP contribution in [-0.4, -0.2) is 43.0 Å². The second-order valence-corrected chi connectivity index (χ2v) is 11.2. The van der Waals surface area contributed by atoms with Gasteiger partial charge in [0.05, 0.1) is 11.7 Å². The fraction of sp³-hybridized carbons (Fsp3) is 0.130. The largest absolute Gasteiger partial charge is 0.338 e. The third-order valence-corrected chi connectivity index (χ3v) is 6.94. The first-order valence-electron chi connectivity index (χ1n) is 10.1. The second kappa shape index (κ2) is 7.73. The molecular weight excluding hydrogens is 421 g/mol. The predicted octanol–water partition coefficient (Wildman–Crippen LogP) is 4.63. The number of imidazole rings is 1. The number of benzene rings is 2. The molecule has 0 atom stereocenters. The summed E-state index contributed by atoms with van der Waals surface area (Å²) in [7, 11) is -2.29. The Hall–Kier alpha value is -3.77. The smallest absolute Gasteiger partial charge is 0.169 e. The average Bonchev–Trinajstić information content (AvgIpc) is 3.40. The Bertz CT molecular complexity index is 1510. The van der Waals surface area contributed by atoms with Gasteiger partial charge in [-0.25, -0.2) is 15.0 Å². The van der Waals surface area contributed by atoms with E-state index in [1.807, 2.05) is 53.4 Å². The van der Waals surface area contributed by atoms with Gasteiger partial charge in [-0.15, -0.1) is 0 Å². The quantitative estimate of drug-likeness (QED) is 0.384. The number of anilines is 2. The van der Waals surface area contributed by atoms with E-state index in [0.717, 1.165) is 33.0 Å². The first-order chi connectivity index (χ1) is 15.4. The molecule has 8 nitrogen and oxygen atoms in total. The monoisotopic (exact) mass is 443 g/mol. The Balaban J connectivity index is 1.47. The van der Waals surface area contributed by atoms with E-state index in [0.29, 0.717) is 17.0 Å². The van der Waals surface area contributed by atoms with E-state index in [2.05, 4.69) is 43.5 Å². The third kappa shape index (κ3) is 3.69. The van der Waals surface area contributed by atoms with Crippen LogP contribution in [0.1, 0.15) is 11.1 Å². The van der Waals surface area contributed by atoms with Crippen molar-refractivity contribution in [1.82, 2.24) is 29.7 Å². The lowest BCUT2D eigenvalue weighted by atomic mass is 10.0. The van der Waals surface area contributed by atoms with Gasteiger partial charge in [0.2, 0.25) is 0 Å². The molecule has 0 radical (unpaired) electrons. The molecule has 0 fully saturated rings. The number of aromatic nitrogens is 6. The van der Waals surface area contributed by atoms with Gasteiger partial charge in [0.25, 0.3) is 0 Å². The van der Waals surface area contributed by atoms with Crippen molar-refractivity contribution in [3.05, 3.63) is 66.4 Å². The number of fused-ring (bicyclic) bond motifs is 2. The first kappa shape index (κ1) is 20.2. The summed E-state index contributed by atoms with van der Waals surface area (Å²) in [5.41, 5.74) is 5.44. The molecule has 0 aliphatic carbocycles. The van der Waals surface area contributed by atoms with Crippen molar-refractivity contribution in [3.63, 3.8) is 0 Å². The highest BCUT2D eigenvalue weighted by molar-refractivity contribution is 7.70. The van der Waals surface area contributed by atoms with Crippen LogP contribution in [-0.2, 0) is 4.57 Å². The van der Waals surface area contributed by atoms with Gasteiger partial charge in [0.1, 0.15) is 19.8 Å². The van der Waals surface area contributed by atoms with Gasteiger partial charge >= 0.3 is 0 Å². The molecule has 5 aromatic rings. The van der Waals surface area contributed by atoms with Gasteiger partial charge in [-0.3, -0.25) is 9.67 Å². The molecule has 0 spiro atoms. The minimum Gasteiger partial charge on any atom is -0.338 e. The predicted molar refractivity (Wildman–Crippen MR) is 130 cm³/mol. The first-order valence-corrected chi connectivity index (χ1v) is 12.7. The van der Waals surface area contributed by atoms with E-state index in [1.54, 1.807) is 19.7 Å². The average molecular weight is 443 g/mol. The maximum absolute atomic E-state index is 12.2. The molecule has 0 amide bonds. The number of hydrogen-bond donors (Lipinski definition) is 2. The Labute approximate surface area is 184 Å². The van der Waals surface area contributed by atoms with Crippen LogP contribution >= 0.6 is 7.14 Å². The molecule has 3 aromatic heterocycles. The molecule has 0 aliphatic heterocycles. The number of hydrogen-bond acceptors (Lipinski definition) is 6. The van der Waals surface area contributed by atoms with Crippen LogP contribution in [0.4, 0.5) is 11.5 Å². The summed E-state index contributed by atoms with van der Waals surface area (Å²) in [5, 5.41) is 12.3. The lowest BCUT2D eigenvalue weighted by Gasteiger charge is -2.09. The third-order valence-electron chi connectivity index (χ3n) is 5.40. The number of aryl methyl sites for hydroxylation is 1. The van der Waals surface area contributed by atoms with Crippen molar-refractivity contribution >= 4 is 58.3 Å². The maximum atomic E-state index is 12.2. The zero-order chi connectivity index (χ0) is 22.3. The van der Waals surface area contributed by atoms with Crippen LogP contribution in [0.25, 0.3) is 34.3 Å². The molecule has 2 aromatic carbocycles. The zero-order valence-electron chi connectivity index (χ0n) is 17.9. The molecule has 0 bridgehead atoms. The Morgan fingerprint density at radius 3 is 2.66 bits per heavy atom. The number of rotatable bonds is 5. The lowest BCUT2D eigenvalue weighted by molar-refractivity contribution is 0.588. The van der Waals surface area contributed by atoms with E-state index < -0.39 is 7.14 Å². The summed E-state index contributed by atoms with van der Waals surface area (Å²) < 4.78 is 14.1. The van der Waals surface area contributed by atoms with Crippen molar-refractivity contribution in [1.29, 1.82) is 0 Å². The highest BCUT2D eigenvalue weighted by Crippen LogP contribution is 2.35. The Kier molecular flexibility index (Phi) is 4.87. The molecule has 2 N–H and O–H groups in total. The van der Waals surface area contributed by atoms with Gasteiger partial charge in [0, 0.05) is 22.6 Å². The summed E-state index contributed by atoms with van der Waals surface area (Å²) in [6, 6.07) is 11.6. The maximum Gasteiger partial charge on any atom is 0.169 e. The SMILES string of the molecule is Cc1ccc2[nH]ncc2c1C=Cn1cnc2c(Nc3ccc(P(C)(C)=O)cc3)ncnc21. The van der Waals surface area contributed by atoms with Crippen LogP contribution in [0.3, 0.4) is 0 Å². The van der Waals surface area contributed by atoms with Gasteiger partial charge in [0.15, 0.2) is 17.0 Å². The van der Waals surface area contributed by atoms with Crippen molar-refractivity contribution < 1.29 is 4.57 Å². The van der Waals surface area contributed by atoms with Crippen LogP contribution in [0.15, 0.2) is 55.2 Å². The highest BCUT2D eigenvalue weighted by atomic mass is 31.2. The minimum absolute atomic E-state index is 0.610. The molecule has 5 rings (SSSR count). The minimum atomic E-state index is -2.29. The lowest BCUT2D eigenvalue weighted by Crippen LogP contribution is -2.03. The van der Waals surface area contributed by atoms with Crippen molar-refractivity contribution in [2.45, 2.75) is 6.92 Å². The topological polar surface area (TPSA) is 101 Å². The number of nitrogens with one attached hydrogen (secondary N) is 2. The summed E-state index contributed by atoms with van der Waals surface area (Å²) in [6.07, 6.45) is 9.05. The number of H-pyrrole nitrogens is 1. The second-order valence-electron chi connectivity index (χ2n) is 8.01. The fourth-order valence-corrected chi connectivity index (χ4v) is 4.48. The van der Waals surface area contributed by atoms with E-state index in [1.165, 1.54) is 6.33 Å². The van der Waals surface area contributed by atoms with Crippen LogP contribution in [0, 0.1) is 6.92 Å². The van der Waals surface area contributed by atoms with Gasteiger partial charge in [-0.2, -0.15) is 5.10 Å². The fourth-order valence-electron chi connectivity index (χ4n) is 3.62. The number of nitrogens with zero attached hydrogens (tertiary/aromatic N) is 5. The van der Waals surface area contributed by atoms with E-state index >= 15 is 0 Å². The van der Waals surface area contributed by atoms with Crippen LogP contribution in [0.5, 0.6) is 0 Å². The molecular formula is C23H22N7OP. The molecule has 0 aliphatic rings. The normalized spacial score (nSPS) is 12.2. The van der Waals surface area contributed by atoms with E-state index in [4.69, 9.17) is 0 Å². The summed E-state index contributed by atoms with van der Waals surface area (Å²) in [4.78, 5) is 13.3. The molecule has 0 unspecified atom stereocenters. The van der Waals surface area contributed by atoms with Gasteiger partial charge < -0.3 is 9.88 Å². The van der Waals surface area contributed by atoms with E-state index in [-0.39, 0.29) is 0 Å². The van der Waals surface area contributed by atoms with Crippen molar-refractivity contribution in [3.8, 4) is 0 Å². The van der Waals surface area contributed by atoms with Crippen LogP contribution < -0.4 is 10.6 Å². The summed E-state index contributed by atoms with van der Waals surface area (Å²) in [5.74, 6) is 0.610. The molecule has 0 saturated carbocycles. The van der Waals surface area contributed by atoms with Crippen molar-refractivity contribution in [2.75, 3.05) is 18.6 Å². The Morgan fingerprint density at radius 1 is 1.06 bits per heavy atom. The summed E-state index contributed by atoms with van der Waals surface area (Å²) >= 11 is 0. The van der Waals surface area contributed by atoms with Gasteiger partial charge in [-0.1, -0.05) is 6.07 Å². The summed E-state index contributed by atoms with van der Waals surface area (Å²) in [6.45, 7) is 5.60. The molecule has 3 heterocycles. The van der Waals surface area contributed by atoms with E-state index in [9.17, 15) is 4.57 Å². The standard InChI is InChI=1S/C23H22N7OP/c1-15-4-9-20-19(12-27-29-20)18(15)10-11-30-14-26-21-22(24-13-25-23(21)30)28-16-5-7-17(8-6-16)32(2,3)31/h4-14H,1-3H3,(H,27,29)(H,24,25,28).